The third-order valence-corrected chi connectivity index (χ3v) is 4.82. The second kappa shape index (κ2) is 10.1. The first-order chi connectivity index (χ1) is 15.5. The molecule has 1 N–H and O–H groups in total. The molecule has 1 saturated heterocycles. The molecule has 0 radical (unpaired) electrons. The second-order valence-electron chi connectivity index (χ2n) is 7.63. The number of morpholine rings is 1. The molecule has 0 spiro atoms. The Morgan fingerprint density at radius 1 is 1.03 bits per heavy atom. The van der Waals surface area contributed by atoms with E-state index in [2.05, 4.69) is 41.4 Å². The zero-order valence-electron chi connectivity index (χ0n) is 18.6. The van der Waals surface area contributed by atoms with Gasteiger partial charge in [0.2, 0.25) is 0 Å². The van der Waals surface area contributed by atoms with Crippen LogP contribution in [0.25, 0.3) is 0 Å². The van der Waals surface area contributed by atoms with Gasteiger partial charge in [-0.25, -0.2) is 9.97 Å². The van der Waals surface area contributed by atoms with Gasteiger partial charge in [-0.2, -0.15) is 15.1 Å². The first-order valence-corrected chi connectivity index (χ1v) is 10.6. The number of nitrogens with one attached hydrogen (secondary N) is 1. The maximum Gasteiger partial charge on any atom is 0.320 e. The molecule has 1 fully saturated rings. The topological polar surface area (TPSA) is 97.7 Å². The molecular weight excluding hydrogens is 406 g/mol. The van der Waals surface area contributed by atoms with Crippen molar-refractivity contribution in [1.82, 2.24) is 19.9 Å². The van der Waals surface area contributed by atoms with Gasteiger partial charge in [0.25, 0.3) is 0 Å². The summed E-state index contributed by atoms with van der Waals surface area (Å²) in [6.07, 6.45) is 1.76. The molecule has 1 aromatic carbocycles. The van der Waals surface area contributed by atoms with Crippen LogP contribution in [0.15, 0.2) is 41.5 Å². The zero-order valence-corrected chi connectivity index (χ0v) is 18.6. The monoisotopic (exact) mass is 433 g/mol. The third kappa shape index (κ3) is 5.98. The fraction of sp³-hybridized carbons (Fsp3) is 0.348. The minimum Gasteiger partial charge on any atom is -0.455 e. The maximum atomic E-state index is 5.86. The van der Waals surface area contributed by atoms with Gasteiger partial charge in [-0.3, -0.25) is 5.43 Å². The number of hydrazone groups is 1. The summed E-state index contributed by atoms with van der Waals surface area (Å²) in [6.45, 7) is 8.92. The maximum absolute atomic E-state index is 5.86. The van der Waals surface area contributed by atoms with Gasteiger partial charge in [0.15, 0.2) is 18.2 Å². The number of aryl methyl sites for hydroxylation is 3. The third-order valence-electron chi connectivity index (χ3n) is 4.82. The van der Waals surface area contributed by atoms with E-state index in [0.29, 0.717) is 24.9 Å². The van der Waals surface area contributed by atoms with Crippen LogP contribution in [-0.4, -0.2) is 52.5 Å². The molecule has 2 aromatic heterocycles. The Bertz CT molecular complexity index is 1080. The van der Waals surface area contributed by atoms with E-state index in [-0.39, 0.29) is 12.6 Å². The number of benzene rings is 1. The summed E-state index contributed by atoms with van der Waals surface area (Å²) < 4.78 is 11.3. The Hall–Kier alpha value is -3.59. The lowest BCUT2D eigenvalue weighted by atomic mass is 10.2. The summed E-state index contributed by atoms with van der Waals surface area (Å²) >= 11 is 0. The molecule has 1 aliphatic heterocycles. The van der Waals surface area contributed by atoms with Gasteiger partial charge in [0, 0.05) is 30.5 Å². The minimum absolute atomic E-state index is 0.182. The largest absolute Gasteiger partial charge is 0.455 e. The van der Waals surface area contributed by atoms with Crippen molar-refractivity contribution in [1.29, 1.82) is 0 Å². The van der Waals surface area contributed by atoms with Crippen molar-refractivity contribution < 1.29 is 9.47 Å². The van der Waals surface area contributed by atoms with Gasteiger partial charge in [0.05, 0.1) is 19.4 Å². The van der Waals surface area contributed by atoms with E-state index in [1.54, 1.807) is 6.21 Å². The van der Waals surface area contributed by atoms with Crippen LogP contribution in [0.4, 0.5) is 11.6 Å². The number of hydrogen-bond donors (Lipinski definition) is 1. The Balaban J connectivity index is 1.53. The molecule has 3 aromatic rings. The van der Waals surface area contributed by atoms with Gasteiger partial charge in [-0.05, 0) is 32.4 Å². The number of anilines is 2. The highest BCUT2D eigenvalue weighted by Gasteiger charge is 2.16. The fourth-order valence-electron chi connectivity index (χ4n) is 3.41. The Morgan fingerprint density at radius 2 is 1.81 bits per heavy atom. The van der Waals surface area contributed by atoms with Gasteiger partial charge < -0.3 is 14.4 Å². The van der Waals surface area contributed by atoms with Crippen molar-refractivity contribution in [3.05, 3.63) is 64.7 Å². The van der Waals surface area contributed by atoms with Crippen LogP contribution >= 0.6 is 0 Å². The molecule has 1 aliphatic rings. The normalized spacial score (nSPS) is 14.0. The summed E-state index contributed by atoms with van der Waals surface area (Å²) in [5.41, 5.74) is 6.97. The van der Waals surface area contributed by atoms with Crippen molar-refractivity contribution in [3.63, 3.8) is 0 Å². The lowest BCUT2D eigenvalue weighted by molar-refractivity contribution is 0.122. The summed E-state index contributed by atoms with van der Waals surface area (Å²) in [7, 11) is 0. The Kier molecular flexibility index (Phi) is 6.86. The van der Waals surface area contributed by atoms with Crippen molar-refractivity contribution in [2.75, 3.05) is 36.6 Å². The number of nitrogens with zero attached hydrogens (tertiary/aromatic N) is 6. The molecule has 0 amide bonds. The Morgan fingerprint density at radius 3 is 2.56 bits per heavy atom. The van der Waals surface area contributed by atoms with Crippen LogP contribution in [-0.2, 0) is 11.3 Å². The molecule has 3 heterocycles. The van der Waals surface area contributed by atoms with Crippen molar-refractivity contribution in [2.45, 2.75) is 27.4 Å². The van der Waals surface area contributed by atoms with Crippen molar-refractivity contribution in [3.8, 4) is 6.01 Å². The summed E-state index contributed by atoms with van der Waals surface area (Å²) in [5.74, 6) is 1.89. The standard InChI is InChI=1S/C23H27N7O2/c1-16-5-4-6-19(11-16)14-24-29-20-13-22(30-7-9-31-10-8-30)28-23(27-20)32-15-21-25-17(2)12-18(3)26-21/h4-6,11-14H,7-10,15H2,1-3H3,(H,27,28,29). The second-order valence-corrected chi connectivity index (χ2v) is 7.63. The van der Waals surface area contributed by atoms with Crippen LogP contribution in [0, 0.1) is 20.8 Å². The van der Waals surface area contributed by atoms with E-state index >= 15 is 0 Å². The predicted octanol–water partition coefficient (Wildman–Crippen LogP) is 3.05. The first-order valence-electron chi connectivity index (χ1n) is 10.6. The SMILES string of the molecule is Cc1cccc(C=NNc2cc(N3CCOCC3)nc(OCc3nc(C)cc(C)n3)n2)c1. The quantitative estimate of drug-likeness (QED) is 0.449. The highest BCUT2D eigenvalue weighted by Crippen LogP contribution is 2.21. The fourth-order valence-corrected chi connectivity index (χ4v) is 3.41. The average Bonchev–Trinajstić information content (AvgIpc) is 2.78. The highest BCUT2D eigenvalue weighted by atomic mass is 16.5. The summed E-state index contributed by atoms with van der Waals surface area (Å²) in [6, 6.07) is 12.1. The van der Waals surface area contributed by atoms with Crippen LogP contribution in [0.2, 0.25) is 0 Å². The first kappa shape index (κ1) is 21.6. The van der Waals surface area contributed by atoms with E-state index in [0.717, 1.165) is 35.9 Å². The molecule has 4 rings (SSSR count). The smallest absolute Gasteiger partial charge is 0.320 e. The van der Waals surface area contributed by atoms with E-state index in [4.69, 9.17) is 9.47 Å². The molecule has 32 heavy (non-hydrogen) atoms. The van der Waals surface area contributed by atoms with Gasteiger partial charge >= 0.3 is 6.01 Å². The molecule has 9 nitrogen and oxygen atoms in total. The van der Waals surface area contributed by atoms with Crippen molar-refractivity contribution in [2.24, 2.45) is 5.10 Å². The number of ether oxygens (including phenoxy) is 2. The predicted molar refractivity (Wildman–Crippen MR) is 123 cm³/mol. The summed E-state index contributed by atoms with van der Waals surface area (Å²) in [5, 5.41) is 4.33. The van der Waals surface area contributed by atoms with Gasteiger partial charge in [0.1, 0.15) is 5.82 Å². The molecule has 0 unspecified atom stereocenters. The van der Waals surface area contributed by atoms with E-state index in [9.17, 15) is 0 Å². The van der Waals surface area contributed by atoms with Crippen LogP contribution < -0.4 is 15.1 Å². The number of hydrogen-bond acceptors (Lipinski definition) is 9. The van der Waals surface area contributed by atoms with Crippen LogP contribution in [0.1, 0.15) is 28.3 Å². The van der Waals surface area contributed by atoms with Crippen LogP contribution in [0.3, 0.4) is 0 Å². The molecule has 166 valence electrons. The Labute approximate surface area is 187 Å². The average molecular weight is 434 g/mol. The highest BCUT2D eigenvalue weighted by molar-refractivity contribution is 5.80. The zero-order chi connectivity index (χ0) is 22.3. The molecule has 0 saturated carbocycles. The molecule has 0 aliphatic carbocycles. The number of rotatable bonds is 7. The van der Waals surface area contributed by atoms with Crippen LogP contribution in [0.5, 0.6) is 6.01 Å². The lowest BCUT2D eigenvalue weighted by Crippen LogP contribution is -2.36. The van der Waals surface area contributed by atoms with Crippen molar-refractivity contribution >= 4 is 17.9 Å². The van der Waals surface area contributed by atoms with E-state index in [1.165, 1.54) is 5.56 Å². The summed E-state index contributed by atoms with van der Waals surface area (Å²) in [4.78, 5) is 20.0. The lowest BCUT2D eigenvalue weighted by Gasteiger charge is -2.28. The van der Waals surface area contributed by atoms with Gasteiger partial charge in [-0.15, -0.1) is 0 Å². The molecule has 0 bridgehead atoms. The van der Waals surface area contributed by atoms with Gasteiger partial charge in [-0.1, -0.05) is 29.8 Å². The van der Waals surface area contributed by atoms with E-state index < -0.39 is 0 Å². The number of aromatic nitrogens is 4. The molecule has 9 heteroatoms. The van der Waals surface area contributed by atoms with E-state index in [1.807, 2.05) is 51.1 Å². The minimum atomic E-state index is 0.182. The molecule has 0 atom stereocenters. The molecular formula is C23H27N7O2.